The fourth-order valence-electron chi connectivity index (χ4n) is 2.83. The molecule has 4 rings (SSSR count). The number of ether oxygens (including phenoxy) is 2. The summed E-state index contributed by atoms with van der Waals surface area (Å²) in [6.45, 7) is 2.05. The van der Waals surface area contributed by atoms with Crippen LogP contribution in [0.15, 0.2) is 42.5 Å². The van der Waals surface area contributed by atoms with Crippen molar-refractivity contribution < 1.29 is 14.3 Å². The van der Waals surface area contributed by atoms with Crippen LogP contribution in [0.1, 0.15) is 16.1 Å². The standard InChI is InChI=1S/C20H16Cl2N2O3S/c1-11-18(9-12-8-13(21)6-7-14(12)22)28-20(23-11)24-19(25)17-10-26-15-4-2-3-5-16(15)27-17/h2-8,17H,9-10H2,1H3,(H,23,24,25). The number of rotatable bonds is 4. The van der Waals surface area contributed by atoms with Gasteiger partial charge in [0.05, 0.1) is 5.69 Å². The van der Waals surface area contributed by atoms with Crippen molar-refractivity contribution in [1.29, 1.82) is 0 Å². The monoisotopic (exact) mass is 434 g/mol. The van der Waals surface area contributed by atoms with Gasteiger partial charge in [0.15, 0.2) is 16.6 Å². The van der Waals surface area contributed by atoms with E-state index in [1.165, 1.54) is 11.3 Å². The molecule has 0 spiro atoms. The van der Waals surface area contributed by atoms with Gasteiger partial charge in [0.2, 0.25) is 6.10 Å². The van der Waals surface area contributed by atoms with E-state index in [4.69, 9.17) is 32.7 Å². The number of carbonyl (C=O) groups excluding carboxylic acids is 1. The normalized spacial score (nSPS) is 15.3. The number of nitrogens with zero attached hydrogens (tertiary/aromatic N) is 1. The predicted molar refractivity (Wildman–Crippen MR) is 111 cm³/mol. The molecule has 0 radical (unpaired) electrons. The second-order valence-corrected chi connectivity index (χ2v) is 8.22. The molecule has 1 aliphatic rings. The van der Waals surface area contributed by atoms with Gasteiger partial charge < -0.3 is 9.47 Å². The van der Waals surface area contributed by atoms with Gasteiger partial charge in [-0.15, -0.1) is 11.3 Å². The molecule has 3 aromatic rings. The summed E-state index contributed by atoms with van der Waals surface area (Å²) in [6.07, 6.45) is -0.139. The average Bonchev–Trinajstić information content (AvgIpc) is 3.03. The van der Waals surface area contributed by atoms with E-state index < -0.39 is 6.10 Å². The molecule has 1 atom stereocenters. The first-order valence-electron chi connectivity index (χ1n) is 8.59. The number of nitrogens with one attached hydrogen (secondary N) is 1. The minimum absolute atomic E-state index is 0.151. The smallest absolute Gasteiger partial charge is 0.270 e. The Bertz CT molecular complexity index is 1040. The van der Waals surface area contributed by atoms with E-state index in [0.29, 0.717) is 33.1 Å². The number of para-hydroxylation sites is 2. The molecule has 144 valence electrons. The van der Waals surface area contributed by atoms with Crippen molar-refractivity contribution in [3.63, 3.8) is 0 Å². The van der Waals surface area contributed by atoms with Crippen LogP contribution in [0, 0.1) is 6.92 Å². The topological polar surface area (TPSA) is 60.5 Å². The van der Waals surface area contributed by atoms with E-state index in [-0.39, 0.29) is 12.5 Å². The molecule has 1 unspecified atom stereocenters. The van der Waals surface area contributed by atoms with Gasteiger partial charge >= 0.3 is 0 Å². The van der Waals surface area contributed by atoms with Gasteiger partial charge in [-0.3, -0.25) is 10.1 Å². The third kappa shape index (κ3) is 4.09. The van der Waals surface area contributed by atoms with Crippen molar-refractivity contribution in [3.8, 4) is 11.5 Å². The van der Waals surface area contributed by atoms with Crippen LogP contribution >= 0.6 is 34.5 Å². The Morgan fingerprint density at radius 3 is 2.86 bits per heavy atom. The molecule has 0 bridgehead atoms. The van der Waals surface area contributed by atoms with Crippen LogP contribution in [0.3, 0.4) is 0 Å². The molecule has 8 heteroatoms. The third-order valence-electron chi connectivity index (χ3n) is 4.28. The molecule has 1 N–H and O–H groups in total. The lowest BCUT2D eigenvalue weighted by Crippen LogP contribution is -2.40. The zero-order valence-electron chi connectivity index (χ0n) is 14.9. The maximum Gasteiger partial charge on any atom is 0.270 e. The maximum atomic E-state index is 12.6. The van der Waals surface area contributed by atoms with E-state index in [1.54, 1.807) is 24.3 Å². The Labute approximate surface area is 176 Å². The molecular formula is C20H16Cl2N2O3S. The van der Waals surface area contributed by atoms with Gasteiger partial charge in [-0.2, -0.15) is 0 Å². The first-order chi connectivity index (χ1) is 13.5. The minimum Gasteiger partial charge on any atom is -0.485 e. The van der Waals surface area contributed by atoms with Crippen molar-refractivity contribution in [1.82, 2.24) is 4.98 Å². The van der Waals surface area contributed by atoms with E-state index in [0.717, 1.165) is 16.1 Å². The molecule has 28 heavy (non-hydrogen) atoms. The largest absolute Gasteiger partial charge is 0.485 e. The fourth-order valence-corrected chi connectivity index (χ4v) is 4.20. The van der Waals surface area contributed by atoms with Crippen molar-refractivity contribution in [2.45, 2.75) is 19.4 Å². The highest BCUT2D eigenvalue weighted by atomic mass is 35.5. The highest BCUT2D eigenvalue weighted by Gasteiger charge is 2.28. The summed E-state index contributed by atoms with van der Waals surface area (Å²) in [5.74, 6) is 0.897. The average molecular weight is 435 g/mol. The first-order valence-corrected chi connectivity index (χ1v) is 10.2. The lowest BCUT2D eigenvalue weighted by Gasteiger charge is -2.25. The van der Waals surface area contributed by atoms with Gasteiger partial charge in [-0.1, -0.05) is 35.3 Å². The van der Waals surface area contributed by atoms with Crippen molar-refractivity contribution in [3.05, 3.63) is 68.6 Å². The summed E-state index contributed by atoms with van der Waals surface area (Å²) < 4.78 is 11.3. The second kappa shape index (κ2) is 7.99. The van der Waals surface area contributed by atoms with Crippen LogP contribution in [0.25, 0.3) is 0 Å². The quantitative estimate of drug-likeness (QED) is 0.618. The number of anilines is 1. The Kier molecular flexibility index (Phi) is 5.44. The van der Waals surface area contributed by atoms with Crippen LogP contribution in [0.4, 0.5) is 5.13 Å². The van der Waals surface area contributed by atoms with Gasteiger partial charge in [-0.25, -0.2) is 4.98 Å². The van der Waals surface area contributed by atoms with Crippen molar-refractivity contribution in [2.75, 3.05) is 11.9 Å². The lowest BCUT2D eigenvalue weighted by atomic mass is 10.1. The first kappa shape index (κ1) is 19.1. The van der Waals surface area contributed by atoms with Gasteiger partial charge in [-0.05, 0) is 42.8 Å². The molecule has 5 nitrogen and oxygen atoms in total. The number of hydrogen-bond donors (Lipinski definition) is 1. The number of fused-ring (bicyclic) bond motifs is 1. The second-order valence-electron chi connectivity index (χ2n) is 6.29. The molecule has 1 aromatic heterocycles. The molecule has 0 fully saturated rings. The molecule has 2 heterocycles. The van der Waals surface area contributed by atoms with E-state index in [1.807, 2.05) is 25.1 Å². The Balaban J connectivity index is 1.45. The van der Waals surface area contributed by atoms with Gasteiger partial charge in [0.1, 0.15) is 6.61 Å². The van der Waals surface area contributed by atoms with E-state index in [9.17, 15) is 4.79 Å². The van der Waals surface area contributed by atoms with Gasteiger partial charge in [0.25, 0.3) is 5.91 Å². The van der Waals surface area contributed by atoms with E-state index in [2.05, 4.69) is 10.3 Å². The summed E-state index contributed by atoms with van der Waals surface area (Å²) in [6, 6.07) is 12.6. The highest BCUT2D eigenvalue weighted by molar-refractivity contribution is 7.15. The SMILES string of the molecule is Cc1nc(NC(=O)C2COc3ccccc3O2)sc1Cc1cc(Cl)ccc1Cl. The summed E-state index contributed by atoms with van der Waals surface area (Å²) in [5.41, 5.74) is 1.75. The number of amides is 1. The minimum atomic E-state index is -0.732. The number of thiazole rings is 1. The Hall–Kier alpha value is -2.28. The summed E-state index contributed by atoms with van der Waals surface area (Å²) in [5, 5.41) is 4.61. The van der Waals surface area contributed by atoms with E-state index >= 15 is 0 Å². The molecule has 0 aliphatic carbocycles. The highest BCUT2D eigenvalue weighted by Crippen LogP contribution is 2.32. The maximum absolute atomic E-state index is 12.6. The number of aryl methyl sites for hydroxylation is 1. The van der Waals surface area contributed by atoms with Crippen LogP contribution in [-0.2, 0) is 11.2 Å². The molecular weight excluding hydrogens is 419 g/mol. The molecule has 2 aromatic carbocycles. The molecule has 0 saturated carbocycles. The zero-order valence-corrected chi connectivity index (χ0v) is 17.2. The molecule has 1 amide bonds. The van der Waals surface area contributed by atoms with Crippen molar-refractivity contribution in [2.24, 2.45) is 0 Å². The number of benzene rings is 2. The van der Waals surface area contributed by atoms with Crippen molar-refractivity contribution >= 4 is 45.6 Å². The van der Waals surface area contributed by atoms with Crippen LogP contribution < -0.4 is 14.8 Å². The Morgan fingerprint density at radius 1 is 1.25 bits per heavy atom. The zero-order chi connectivity index (χ0) is 19.7. The number of hydrogen-bond acceptors (Lipinski definition) is 5. The number of carbonyl (C=O) groups is 1. The molecule has 1 aliphatic heterocycles. The predicted octanol–water partition coefficient (Wildman–Crippen LogP) is 5.13. The summed E-state index contributed by atoms with van der Waals surface area (Å²) in [7, 11) is 0. The summed E-state index contributed by atoms with van der Waals surface area (Å²) in [4.78, 5) is 18.0. The van der Waals surface area contributed by atoms with Gasteiger partial charge in [0, 0.05) is 21.3 Å². The third-order valence-corrected chi connectivity index (χ3v) is 5.96. The van der Waals surface area contributed by atoms with Crippen LogP contribution in [0.5, 0.6) is 11.5 Å². The lowest BCUT2D eigenvalue weighted by molar-refractivity contribution is -0.125. The van der Waals surface area contributed by atoms with Crippen LogP contribution in [-0.4, -0.2) is 23.6 Å². The number of halogens is 2. The summed E-state index contributed by atoms with van der Waals surface area (Å²) >= 11 is 13.7. The molecule has 0 saturated heterocycles. The van der Waals surface area contributed by atoms with Crippen LogP contribution in [0.2, 0.25) is 10.0 Å². The fraction of sp³-hybridized carbons (Fsp3) is 0.200. The number of aromatic nitrogens is 1. The Morgan fingerprint density at radius 2 is 2.04 bits per heavy atom.